The summed E-state index contributed by atoms with van der Waals surface area (Å²) >= 11 is 0. The average Bonchev–Trinajstić information content (AvgIpc) is 3.06. The highest BCUT2D eigenvalue weighted by atomic mass is 16.5. The molecule has 3 N–H and O–H groups in total. The van der Waals surface area contributed by atoms with Crippen molar-refractivity contribution in [2.24, 2.45) is 52.3 Å². The maximum atomic E-state index is 10.9. The number of carbonyl (C=O) groups excluding carboxylic acids is 1. The maximum Gasteiger partial charge on any atom is 0.189 e. The molecule has 4 saturated carbocycles. The van der Waals surface area contributed by atoms with E-state index in [9.17, 15) is 20.1 Å². The molecule has 10 atom stereocenters. The highest BCUT2D eigenvalue weighted by Gasteiger charge is 2.62. The Hall–Kier alpha value is -0.450. The second-order valence-electron chi connectivity index (χ2n) is 12.7. The Morgan fingerprint density at radius 1 is 0.935 bits per heavy atom. The van der Waals surface area contributed by atoms with Crippen molar-refractivity contribution in [3.05, 3.63) is 0 Å². The second-order valence-corrected chi connectivity index (χ2v) is 12.7. The number of aliphatic hydroxyl groups excluding tert-OH is 1. The van der Waals surface area contributed by atoms with Crippen molar-refractivity contribution in [3.63, 3.8) is 0 Å². The first-order valence-corrected chi connectivity index (χ1v) is 13.1. The van der Waals surface area contributed by atoms with Gasteiger partial charge in [0.2, 0.25) is 0 Å². The number of rotatable bonds is 6. The van der Waals surface area contributed by atoms with Crippen molar-refractivity contribution >= 4 is 6.29 Å². The largest absolute Gasteiger partial charge is 0.388 e. The Kier molecular flexibility index (Phi) is 6.42. The van der Waals surface area contributed by atoms with E-state index >= 15 is 0 Å². The summed E-state index contributed by atoms with van der Waals surface area (Å²) in [5, 5.41) is 31.1. The highest BCUT2D eigenvalue weighted by molar-refractivity contribution is 5.52. The van der Waals surface area contributed by atoms with Crippen molar-refractivity contribution in [1.29, 1.82) is 0 Å². The van der Waals surface area contributed by atoms with E-state index in [4.69, 9.17) is 0 Å². The zero-order valence-corrected chi connectivity index (χ0v) is 20.2. The molecule has 0 aromatic carbocycles. The number of aldehydes is 1. The molecule has 4 fully saturated rings. The third kappa shape index (κ3) is 3.93. The van der Waals surface area contributed by atoms with Gasteiger partial charge in [-0.15, -0.1) is 0 Å². The fraction of sp³-hybridized carbons (Fsp3) is 0.963. The lowest BCUT2D eigenvalue weighted by Gasteiger charge is -2.62. The fourth-order valence-electron chi connectivity index (χ4n) is 9.27. The minimum Gasteiger partial charge on any atom is -0.388 e. The van der Waals surface area contributed by atoms with Gasteiger partial charge in [-0.25, -0.2) is 0 Å². The monoisotopic (exact) mass is 434 g/mol. The Balaban J connectivity index is 1.46. The van der Waals surface area contributed by atoms with E-state index in [0.717, 1.165) is 49.2 Å². The molecule has 3 unspecified atom stereocenters. The standard InChI is InChI=1S/C27H46O4/c1-17(16-28)6-5-7-18(2)21-10-11-22-20-9-8-19-14-27(30,31)24(29)15-26(19,4)23(20)12-13-25(21,22)3/h16-24,29-31H,5-15H2,1-4H3/t17?,18-,19?,20+,21-,22+,23+,24?,25-,26+/m1/s1. The van der Waals surface area contributed by atoms with Crippen LogP contribution in [0.5, 0.6) is 0 Å². The van der Waals surface area contributed by atoms with Crippen molar-refractivity contribution in [3.8, 4) is 0 Å². The minimum atomic E-state index is -1.91. The Morgan fingerprint density at radius 2 is 1.65 bits per heavy atom. The number of hydrogen-bond acceptors (Lipinski definition) is 4. The molecule has 0 bridgehead atoms. The number of hydrogen-bond donors (Lipinski definition) is 3. The molecular formula is C27H46O4. The number of fused-ring (bicyclic) bond motifs is 5. The van der Waals surface area contributed by atoms with Gasteiger partial charge in [-0.2, -0.15) is 0 Å². The molecule has 0 aromatic heterocycles. The van der Waals surface area contributed by atoms with E-state index in [1.54, 1.807) is 0 Å². The molecule has 0 saturated heterocycles. The molecule has 4 aliphatic rings. The van der Waals surface area contributed by atoms with Crippen LogP contribution in [-0.2, 0) is 4.79 Å². The van der Waals surface area contributed by atoms with Crippen LogP contribution < -0.4 is 0 Å². The lowest BCUT2D eigenvalue weighted by molar-refractivity contribution is -0.284. The van der Waals surface area contributed by atoms with Gasteiger partial charge in [0.15, 0.2) is 5.79 Å². The predicted octanol–water partition coefficient (Wildman–Crippen LogP) is 4.94. The van der Waals surface area contributed by atoms with Crippen LogP contribution in [0.4, 0.5) is 0 Å². The van der Waals surface area contributed by atoms with E-state index < -0.39 is 11.9 Å². The van der Waals surface area contributed by atoms with Crippen LogP contribution in [0.25, 0.3) is 0 Å². The lowest BCUT2D eigenvalue weighted by atomic mass is 9.44. The van der Waals surface area contributed by atoms with Gasteiger partial charge in [-0.05, 0) is 97.7 Å². The topological polar surface area (TPSA) is 77.8 Å². The summed E-state index contributed by atoms with van der Waals surface area (Å²) in [5.41, 5.74) is 0.457. The van der Waals surface area contributed by atoms with Crippen LogP contribution in [0.3, 0.4) is 0 Å². The van der Waals surface area contributed by atoms with Crippen LogP contribution in [0, 0.1) is 52.3 Å². The molecule has 4 rings (SSSR count). The minimum absolute atomic E-state index is 0.0350. The number of carbonyl (C=O) groups is 1. The second kappa shape index (κ2) is 8.40. The molecule has 0 spiro atoms. The zero-order chi connectivity index (χ0) is 22.6. The summed E-state index contributed by atoms with van der Waals surface area (Å²) in [6, 6.07) is 0. The first-order valence-electron chi connectivity index (χ1n) is 13.1. The summed E-state index contributed by atoms with van der Waals surface area (Å²) in [6.07, 6.45) is 11.8. The molecular weight excluding hydrogens is 388 g/mol. The molecule has 0 heterocycles. The van der Waals surface area contributed by atoms with Crippen molar-refractivity contribution in [1.82, 2.24) is 0 Å². The van der Waals surface area contributed by atoms with Gasteiger partial charge < -0.3 is 20.1 Å². The Bertz CT molecular complexity index is 662. The Labute approximate surface area is 189 Å². The molecule has 0 amide bonds. The molecule has 4 aliphatic carbocycles. The van der Waals surface area contributed by atoms with Gasteiger partial charge in [-0.3, -0.25) is 0 Å². The quantitative estimate of drug-likeness (QED) is 0.409. The Morgan fingerprint density at radius 3 is 2.35 bits per heavy atom. The highest BCUT2D eigenvalue weighted by Crippen LogP contribution is 2.68. The summed E-state index contributed by atoms with van der Waals surface area (Å²) in [7, 11) is 0. The average molecular weight is 435 g/mol. The van der Waals surface area contributed by atoms with Crippen molar-refractivity contribution in [2.45, 2.75) is 110 Å². The van der Waals surface area contributed by atoms with Crippen LogP contribution in [0.2, 0.25) is 0 Å². The van der Waals surface area contributed by atoms with E-state index in [1.807, 2.05) is 6.92 Å². The van der Waals surface area contributed by atoms with E-state index in [-0.39, 0.29) is 11.3 Å². The SMILES string of the molecule is CC(C=O)CCC[C@@H](C)[C@H]1CC[C@H]2[C@@H]3CCC4CC(O)(O)C(O)C[C@]4(C)[C@H]3CC[C@]12C. The van der Waals surface area contributed by atoms with Crippen LogP contribution in [-0.4, -0.2) is 33.5 Å². The maximum absolute atomic E-state index is 10.9. The van der Waals surface area contributed by atoms with E-state index in [0.29, 0.717) is 30.1 Å². The van der Waals surface area contributed by atoms with Gasteiger partial charge in [0.05, 0.1) is 0 Å². The zero-order valence-electron chi connectivity index (χ0n) is 20.2. The molecule has 4 nitrogen and oxygen atoms in total. The van der Waals surface area contributed by atoms with Gasteiger partial charge in [0.1, 0.15) is 12.4 Å². The summed E-state index contributed by atoms with van der Waals surface area (Å²) in [4.78, 5) is 10.9. The van der Waals surface area contributed by atoms with Crippen LogP contribution in [0.15, 0.2) is 0 Å². The lowest BCUT2D eigenvalue weighted by Crippen LogP contribution is -2.60. The van der Waals surface area contributed by atoms with Gasteiger partial charge in [0, 0.05) is 12.3 Å². The van der Waals surface area contributed by atoms with Crippen molar-refractivity contribution in [2.75, 3.05) is 0 Å². The van der Waals surface area contributed by atoms with E-state index in [2.05, 4.69) is 20.8 Å². The first kappa shape index (κ1) is 23.7. The summed E-state index contributed by atoms with van der Waals surface area (Å²) in [5.74, 6) is 2.21. The molecule has 0 radical (unpaired) electrons. The van der Waals surface area contributed by atoms with Gasteiger partial charge >= 0.3 is 0 Å². The van der Waals surface area contributed by atoms with Gasteiger partial charge in [0.25, 0.3) is 0 Å². The molecule has 4 heteroatoms. The van der Waals surface area contributed by atoms with Crippen LogP contribution in [0.1, 0.15) is 98.3 Å². The summed E-state index contributed by atoms with van der Waals surface area (Å²) in [6.45, 7) is 9.40. The number of aliphatic hydroxyl groups is 3. The molecule has 0 aliphatic heterocycles. The van der Waals surface area contributed by atoms with Crippen LogP contribution >= 0.6 is 0 Å². The fourth-order valence-corrected chi connectivity index (χ4v) is 9.27. The van der Waals surface area contributed by atoms with Gasteiger partial charge in [-0.1, -0.05) is 40.5 Å². The smallest absolute Gasteiger partial charge is 0.189 e. The molecule has 178 valence electrons. The summed E-state index contributed by atoms with van der Waals surface area (Å²) < 4.78 is 0. The molecule has 31 heavy (non-hydrogen) atoms. The predicted molar refractivity (Wildman–Crippen MR) is 122 cm³/mol. The third-order valence-corrected chi connectivity index (χ3v) is 11.1. The van der Waals surface area contributed by atoms with E-state index in [1.165, 1.54) is 38.5 Å². The third-order valence-electron chi connectivity index (χ3n) is 11.1. The molecule has 0 aromatic rings. The van der Waals surface area contributed by atoms with Crippen molar-refractivity contribution < 1.29 is 20.1 Å². The first-order chi connectivity index (χ1) is 14.5. The normalized spacial score (nSPS) is 48.2.